The lowest BCUT2D eigenvalue weighted by molar-refractivity contribution is 0.0782. The summed E-state index contributed by atoms with van der Waals surface area (Å²) < 4.78 is 5.84. The van der Waals surface area contributed by atoms with E-state index in [2.05, 4.69) is 67.6 Å². The highest BCUT2D eigenvalue weighted by Crippen LogP contribution is 2.34. The van der Waals surface area contributed by atoms with Crippen molar-refractivity contribution in [3.63, 3.8) is 0 Å². The van der Waals surface area contributed by atoms with Crippen molar-refractivity contribution < 1.29 is 4.74 Å². The molecule has 2 heterocycles. The molecule has 0 atom stereocenters. The monoisotopic (exact) mass is 511 g/mol. The van der Waals surface area contributed by atoms with Gasteiger partial charge in [0.1, 0.15) is 0 Å². The first-order chi connectivity index (χ1) is 12.0. The summed E-state index contributed by atoms with van der Waals surface area (Å²) in [6.07, 6.45) is 2.22. The Morgan fingerprint density at radius 3 is 2.62 bits per heavy atom. The fourth-order valence-electron chi connectivity index (χ4n) is 3.03. The molecule has 0 aromatic carbocycles. The summed E-state index contributed by atoms with van der Waals surface area (Å²) in [4.78, 5) is 6.26. The molecule has 0 amide bonds. The van der Waals surface area contributed by atoms with Crippen molar-refractivity contribution in [1.82, 2.24) is 10.6 Å². The molecule has 2 N–H and O–H groups in total. The molecule has 150 valence electrons. The lowest BCUT2D eigenvalue weighted by Gasteiger charge is -2.37. The second-order valence-corrected chi connectivity index (χ2v) is 9.82. The van der Waals surface area contributed by atoms with E-state index in [1.54, 1.807) is 0 Å². The molecule has 2 rings (SSSR count). The maximum absolute atomic E-state index is 5.57. The fraction of sp³-hybridized carbons (Fsp3) is 0.737. The van der Waals surface area contributed by atoms with Crippen LogP contribution in [0.2, 0.25) is 0 Å². The SMILES string of the molecule is CCNC(=NCC(C)(C)c1cccs1)NCC1(SCC)CCOCC1.I. The van der Waals surface area contributed by atoms with Gasteiger partial charge in [-0.1, -0.05) is 26.8 Å². The van der Waals surface area contributed by atoms with E-state index in [9.17, 15) is 0 Å². The van der Waals surface area contributed by atoms with Gasteiger partial charge in [-0.25, -0.2) is 0 Å². The molecular formula is C19H34IN3OS2. The molecule has 1 fully saturated rings. The van der Waals surface area contributed by atoms with E-state index in [4.69, 9.17) is 9.73 Å². The minimum atomic E-state index is 0. The lowest BCUT2D eigenvalue weighted by Crippen LogP contribution is -2.48. The van der Waals surface area contributed by atoms with Crippen LogP contribution >= 0.6 is 47.1 Å². The number of thioether (sulfide) groups is 1. The van der Waals surface area contributed by atoms with Crippen LogP contribution < -0.4 is 10.6 Å². The van der Waals surface area contributed by atoms with Crippen molar-refractivity contribution in [2.45, 2.75) is 50.7 Å². The normalized spacial score (nSPS) is 17.5. The van der Waals surface area contributed by atoms with Crippen LogP contribution in [-0.2, 0) is 10.2 Å². The smallest absolute Gasteiger partial charge is 0.191 e. The zero-order valence-electron chi connectivity index (χ0n) is 16.5. The van der Waals surface area contributed by atoms with E-state index in [-0.39, 0.29) is 34.1 Å². The zero-order chi connectivity index (χ0) is 18.2. The van der Waals surface area contributed by atoms with E-state index in [1.165, 1.54) is 4.88 Å². The van der Waals surface area contributed by atoms with Crippen molar-refractivity contribution in [3.05, 3.63) is 22.4 Å². The molecular weight excluding hydrogens is 477 g/mol. The summed E-state index contributed by atoms with van der Waals surface area (Å²) in [7, 11) is 0. The Balaban J connectivity index is 0.00000338. The number of hydrogen-bond acceptors (Lipinski definition) is 4. The van der Waals surface area contributed by atoms with Crippen molar-refractivity contribution in [3.8, 4) is 0 Å². The van der Waals surface area contributed by atoms with Gasteiger partial charge in [0.15, 0.2) is 5.96 Å². The van der Waals surface area contributed by atoms with Gasteiger partial charge in [0.25, 0.3) is 0 Å². The number of aliphatic imine (C=N–C) groups is 1. The number of hydrogen-bond donors (Lipinski definition) is 2. The van der Waals surface area contributed by atoms with Crippen molar-refractivity contribution in [2.75, 3.05) is 38.6 Å². The first-order valence-corrected chi connectivity index (χ1v) is 11.2. The molecule has 1 aliphatic heterocycles. The molecule has 0 radical (unpaired) electrons. The Morgan fingerprint density at radius 1 is 1.31 bits per heavy atom. The van der Waals surface area contributed by atoms with E-state index in [1.807, 2.05) is 11.3 Å². The number of nitrogens with one attached hydrogen (secondary N) is 2. The third-order valence-electron chi connectivity index (χ3n) is 4.60. The van der Waals surface area contributed by atoms with Crippen LogP contribution in [0, 0.1) is 0 Å². The third-order valence-corrected chi connectivity index (χ3v) is 7.29. The van der Waals surface area contributed by atoms with E-state index in [0.29, 0.717) is 0 Å². The molecule has 0 spiro atoms. The summed E-state index contributed by atoms with van der Waals surface area (Å²) in [5, 5.41) is 9.14. The van der Waals surface area contributed by atoms with Gasteiger partial charge in [-0.15, -0.1) is 35.3 Å². The number of guanidine groups is 1. The lowest BCUT2D eigenvalue weighted by atomic mass is 9.92. The predicted molar refractivity (Wildman–Crippen MR) is 128 cm³/mol. The van der Waals surface area contributed by atoms with Crippen LogP contribution in [0.4, 0.5) is 0 Å². The van der Waals surface area contributed by atoms with Crippen LogP contribution in [0.15, 0.2) is 22.5 Å². The minimum Gasteiger partial charge on any atom is -0.381 e. The summed E-state index contributed by atoms with van der Waals surface area (Å²) in [6.45, 7) is 13.2. The van der Waals surface area contributed by atoms with Crippen LogP contribution in [0.5, 0.6) is 0 Å². The third kappa shape index (κ3) is 7.20. The van der Waals surface area contributed by atoms with Gasteiger partial charge in [-0.05, 0) is 37.0 Å². The number of halogens is 1. The van der Waals surface area contributed by atoms with Crippen molar-refractivity contribution in [2.24, 2.45) is 4.99 Å². The largest absolute Gasteiger partial charge is 0.381 e. The van der Waals surface area contributed by atoms with Crippen LogP contribution in [0.25, 0.3) is 0 Å². The summed E-state index contributed by atoms with van der Waals surface area (Å²) in [5.74, 6) is 2.07. The predicted octanol–water partition coefficient (Wildman–Crippen LogP) is 4.50. The molecule has 1 aliphatic rings. The van der Waals surface area contributed by atoms with Crippen molar-refractivity contribution >= 4 is 53.0 Å². The van der Waals surface area contributed by atoms with Gasteiger partial charge in [-0.3, -0.25) is 4.99 Å². The van der Waals surface area contributed by atoms with Gasteiger partial charge in [0.2, 0.25) is 0 Å². The van der Waals surface area contributed by atoms with Crippen LogP contribution in [-0.4, -0.2) is 49.3 Å². The first-order valence-electron chi connectivity index (χ1n) is 9.29. The molecule has 0 saturated carbocycles. The van der Waals surface area contributed by atoms with Gasteiger partial charge < -0.3 is 15.4 Å². The summed E-state index contributed by atoms with van der Waals surface area (Å²) in [5.41, 5.74) is 0.0606. The molecule has 0 aliphatic carbocycles. The van der Waals surface area contributed by atoms with Gasteiger partial charge in [0.05, 0.1) is 6.54 Å². The first kappa shape index (κ1) is 24.0. The number of thiophene rings is 1. The van der Waals surface area contributed by atoms with Crippen LogP contribution in [0.3, 0.4) is 0 Å². The van der Waals surface area contributed by atoms with Crippen molar-refractivity contribution in [1.29, 1.82) is 0 Å². The maximum Gasteiger partial charge on any atom is 0.191 e. The average molecular weight is 512 g/mol. The minimum absolute atomic E-state index is 0. The van der Waals surface area contributed by atoms with E-state index < -0.39 is 0 Å². The molecule has 0 bridgehead atoms. The number of nitrogens with zero attached hydrogens (tertiary/aromatic N) is 1. The average Bonchev–Trinajstić information content (AvgIpc) is 3.14. The van der Waals surface area contributed by atoms with Gasteiger partial charge >= 0.3 is 0 Å². The molecule has 26 heavy (non-hydrogen) atoms. The summed E-state index contributed by atoms with van der Waals surface area (Å²) in [6, 6.07) is 4.32. The van der Waals surface area contributed by atoms with Gasteiger partial charge in [-0.2, -0.15) is 11.8 Å². The Bertz CT molecular complexity index is 523. The highest BCUT2D eigenvalue weighted by atomic mass is 127. The van der Waals surface area contributed by atoms with Gasteiger partial charge in [0, 0.05) is 41.3 Å². The highest BCUT2D eigenvalue weighted by molar-refractivity contribution is 14.0. The molecule has 7 heteroatoms. The Labute approximate surface area is 184 Å². The second kappa shape index (κ2) is 11.8. The number of rotatable bonds is 8. The molecule has 1 aromatic rings. The Morgan fingerprint density at radius 2 is 2.04 bits per heavy atom. The topological polar surface area (TPSA) is 45.7 Å². The quantitative estimate of drug-likeness (QED) is 0.307. The standard InChI is InChI=1S/C19H33N3OS2.HI/c1-5-20-17(21-14-18(3,4)16-8-7-13-24-16)22-15-19(25-6-2)9-11-23-12-10-19;/h7-8,13H,5-6,9-12,14-15H2,1-4H3,(H2,20,21,22);1H. The fourth-order valence-corrected chi connectivity index (χ4v) is 5.11. The molecule has 0 unspecified atom stereocenters. The van der Waals surface area contributed by atoms with Crippen LogP contribution in [0.1, 0.15) is 45.4 Å². The molecule has 1 aromatic heterocycles. The Kier molecular flexibility index (Phi) is 10.9. The molecule has 4 nitrogen and oxygen atoms in total. The summed E-state index contributed by atoms with van der Waals surface area (Å²) >= 11 is 3.87. The zero-order valence-corrected chi connectivity index (χ0v) is 20.4. The Hall–Kier alpha value is 0.01000. The van der Waals surface area contributed by atoms with E-state index in [0.717, 1.165) is 57.4 Å². The molecule has 1 saturated heterocycles. The second-order valence-electron chi connectivity index (χ2n) is 7.14. The number of ether oxygens (including phenoxy) is 1. The van der Waals surface area contributed by atoms with E-state index >= 15 is 0 Å². The highest BCUT2D eigenvalue weighted by Gasteiger charge is 2.32. The maximum atomic E-state index is 5.57.